The standard InChI is InChI=1S/C24H27NO5/c1-5-28-14-19-18-11-7-9-13-21(18)30-22(19)24(27)29-16(4)23(26)25-20-12-8-6-10-17(20)15(2)3/h6-13,15-16H,5,14H2,1-4H3,(H,25,26)/t16-/m1/s1. The molecule has 3 aromatic rings. The summed E-state index contributed by atoms with van der Waals surface area (Å²) < 4.78 is 16.6. The number of para-hydroxylation sites is 2. The van der Waals surface area contributed by atoms with Gasteiger partial charge in [0, 0.05) is 23.2 Å². The number of nitrogens with one attached hydrogen (secondary N) is 1. The molecule has 0 saturated heterocycles. The fourth-order valence-corrected chi connectivity index (χ4v) is 3.23. The zero-order valence-corrected chi connectivity index (χ0v) is 17.7. The number of hydrogen-bond acceptors (Lipinski definition) is 5. The highest BCUT2D eigenvalue weighted by molar-refractivity contribution is 5.99. The van der Waals surface area contributed by atoms with Gasteiger partial charge in [0.15, 0.2) is 6.10 Å². The van der Waals surface area contributed by atoms with Gasteiger partial charge < -0.3 is 19.2 Å². The van der Waals surface area contributed by atoms with Gasteiger partial charge in [0.05, 0.1) is 6.61 Å². The van der Waals surface area contributed by atoms with E-state index in [4.69, 9.17) is 13.9 Å². The van der Waals surface area contributed by atoms with E-state index in [1.807, 2.05) is 49.4 Å². The molecule has 0 fully saturated rings. The van der Waals surface area contributed by atoms with Crippen LogP contribution in [0.2, 0.25) is 0 Å². The summed E-state index contributed by atoms with van der Waals surface area (Å²) in [6, 6.07) is 14.9. The van der Waals surface area contributed by atoms with Crippen LogP contribution >= 0.6 is 0 Å². The Morgan fingerprint density at radius 1 is 1.03 bits per heavy atom. The minimum atomic E-state index is -0.995. The van der Waals surface area contributed by atoms with Crippen LogP contribution in [-0.2, 0) is 20.9 Å². The van der Waals surface area contributed by atoms with Gasteiger partial charge in [-0.2, -0.15) is 0 Å². The maximum absolute atomic E-state index is 12.8. The second kappa shape index (κ2) is 9.59. The van der Waals surface area contributed by atoms with Crippen LogP contribution in [0.4, 0.5) is 5.69 Å². The van der Waals surface area contributed by atoms with Crippen LogP contribution in [0.15, 0.2) is 52.9 Å². The zero-order valence-electron chi connectivity index (χ0n) is 17.7. The van der Waals surface area contributed by atoms with E-state index in [1.165, 1.54) is 6.92 Å². The number of carbonyl (C=O) groups excluding carboxylic acids is 2. The molecule has 1 aromatic heterocycles. The summed E-state index contributed by atoms with van der Waals surface area (Å²) >= 11 is 0. The molecule has 0 radical (unpaired) electrons. The van der Waals surface area contributed by atoms with Crippen molar-refractivity contribution in [3.8, 4) is 0 Å². The maximum Gasteiger partial charge on any atom is 0.375 e. The first-order chi connectivity index (χ1) is 14.4. The van der Waals surface area contributed by atoms with Crippen molar-refractivity contribution in [1.82, 2.24) is 0 Å². The topological polar surface area (TPSA) is 77.8 Å². The third-order valence-electron chi connectivity index (χ3n) is 4.83. The molecule has 6 heteroatoms. The summed E-state index contributed by atoms with van der Waals surface area (Å²) in [6.07, 6.45) is -0.995. The molecule has 1 N–H and O–H groups in total. The van der Waals surface area contributed by atoms with Crippen LogP contribution in [0, 0.1) is 0 Å². The van der Waals surface area contributed by atoms with Gasteiger partial charge in [-0.3, -0.25) is 4.79 Å². The molecular weight excluding hydrogens is 382 g/mol. The first-order valence-electron chi connectivity index (χ1n) is 10.1. The zero-order chi connectivity index (χ0) is 21.7. The molecule has 0 bridgehead atoms. The van der Waals surface area contributed by atoms with Crippen molar-refractivity contribution in [2.45, 2.75) is 46.3 Å². The maximum atomic E-state index is 12.8. The van der Waals surface area contributed by atoms with Gasteiger partial charge in [0.1, 0.15) is 5.58 Å². The fraction of sp³-hybridized carbons (Fsp3) is 0.333. The first kappa shape index (κ1) is 21.6. The average molecular weight is 409 g/mol. The van der Waals surface area contributed by atoms with E-state index in [0.717, 1.165) is 10.9 Å². The predicted octanol–water partition coefficient (Wildman–Crippen LogP) is 5.28. The Kier molecular flexibility index (Phi) is 6.90. The SMILES string of the molecule is CCOCc1c(C(=O)O[C@H](C)C(=O)Nc2ccccc2C(C)C)oc2ccccc12. The van der Waals surface area contributed by atoms with Crippen LogP contribution in [-0.4, -0.2) is 24.6 Å². The number of fused-ring (bicyclic) bond motifs is 1. The summed E-state index contributed by atoms with van der Waals surface area (Å²) in [6.45, 7) is 8.24. The van der Waals surface area contributed by atoms with Crippen molar-refractivity contribution in [2.75, 3.05) is 11.9 Å². The highest BCUT2D eigenvalue weighted by Gasteiger charge is 2.26. The van der Waals surface area contributed by atoms with E-state index in [0.29, 0.717) is 23.4 Å². The summed E-state index contributed by atoms with van der Waals surface area (Å²) in [5, 5.41) is 3.64. The quantitative estimate of drug-likeness (QED) is 0.512. The molecule has 0 unspecified atom stereocenters. The van der Waals surface area contributed by atoms with E-state index in [2.05, 4.69) is 19.2 Å². The lowest BCUT2D eigenvalue weighted by molar-refractivity contribution is -0.123. The number of rotatable bonds is 8. The number of anilines is 1. The van der Waals surface area contributed by atoms with Crippen molar-refractivity contribution in [2.24, 2.45) is 0 Å². The number of hydrogen-bond donors (Lipinski definition) is 1. The fourth-order valence-electron chi connectivity index (χ4n) is 3.23. The van der Waals surface area contributed by atoms with Crippen molar-refractivity contribution in [3.05, 3.63) is 65.4 Å². The summed E-state index contributed by atoms with van der Waals surface area (Å²) in [5.41, 5.74) is 2.92. The summed E-state index contributed by atoms with van der Waals surface area (Å²) in [5.74, 6) is -0.789. The molecule has 0 aliphatic carbocycles. The monoisotopic (exact) mass is 409 g/mol. The number of carbonyl (C=O) groups is 2. The lowest BCUT2D eigenvalue weighted by Crippen LogP contribution is -2.30. The molecule has 0 aliphatic rings. The lowest BCUT2D eigenvalue weighted by Gasteiger charge is -2.17. The van der Waals surface area contributed by atoms with Crippen LogP contribution in [0.3, 0.4) is 0 Å². The van der Waals surface area contributed by atoms with Crippen LogP contribution < -0.4 is 5.32 Å². The molecule has 1 atom stereocenters. The van der Waals surface area contributed by atoms with Gasteiger partial charge in [-0.05, 0) is 37.5 Å². The Morgan fingerprint density at radius 2 is 1.73 bits per heavy atom. The van der Waals surface area contributed by atoms with Gasteiger partial charge in [-0.15, -0.1) is 0 Å². The average Bonchev–Trinajstić information content (AvgIpc) is 3.11. The van der Waals surface area contributed by atoms with Crippen molar-refractivity contribution >= 4 is 28.5 Å². The Morgan fingerprint density at radius 3 is 2.47 bits per heavy atom. The van der Waals surface area contributed by atoms with E-state index >= 15 is 0 Å². The minimum Gasteiger partial charge on any atom is -0.449 e. The number of amides is 1. The summed E-state index contributed by atoms with van der Waals surface area (Å²) in [7, 11) is 0. The third-order valence-corrected chi connectivity index (χ3v) is 4.83. The van der Waals surface area contributed by atoms with E-state index < -0.39 is 18.0 Å². The first-order valence-corrected chi connectivity index (χ1v) is 10.1. The molecule has 0 saturated carbocycles. The Bertz CT molecular complexity index is 1040. The number of ether oxygens (including phenoxy) is 2. The second-order valence-corrected chi connectivity index (χ2v) is 7.32. The number of esters is 1. The smallest absolute Gasteiger partial charge is 0.375 e. The largest absolute Gasteiger partial charge is 0.449 e. The molecule has 3 rings (SSSR count). The molecule has 1 heterocycles. The van der Waals surface area contributed by atoms with Crippen molar-refractivity contribution < 1.29 is 23.5 Å². The molecule has 2 aromatic carbocycles. The van der Waals surface area contributed by atoms with Crippen molar-refractivity contribution in [3.63, 3.8) is 0 Å². The molecule has 0 aliphatic heterocycles. The van der Waals surface area contributed by atoms with Gasteiger partial charge >= 0.3 is 5.97 Å². The lowest BCUT2D eigenvalue weighted by atomic mass is 10.0. The van der Waals surface area contributed by atoms with Crippen LogP contribution in [0.25, 0.3) is 11.0 Å². The van der Waals surface area contributed by atoms with Gasteiger partial charge in [-0.25, -0.2) is 4.79 Å². The Labute approximate surface area is 176 Å². The van der Waals surface area contributed by atoms with Crippen molar-refractivity contribution in [1.29, 1.82) is 0 Å². The minimum absolute atomic E-state index is 0.0619. The third kappa shape index (κ3) is 4.71. The molecule has 1 amide bonds. The second-order valence-electron chi connectivity index (χ2n) is 7.32. The van der Waals surface area contributed by atoms with E-state index in [1.54, 1.807) is 6.07 Å². The van der Waals surface area contributed by atoms with E-state index in [9.17, 15) is 9.59 Å². The Hall–Kier alpha value is -3.12. The van der Waals surface area contributed by atoms with Crippen LogP contribution in [0.1, 0.15) is 55.3 Å². The predicted molar refractivity (Wildman–Crippen MR) is 116 cm³/mol. The summed E-state index contributed by atoms with van der Waals surface area (Å²) in [4.78, 5) is 25.4. The van der Waals surface area contributed by atoms with Crippen LogP contribution in [0.5, 0.6) is 0 Å². The van der Waals surface area contributed by atoms with Gasteiger partial charge in [0.25, 0.3) is 5.91 Å². The molecule has 0 spiro atoms. The highest BCUT2D eigenvalue weighted by atomic mass is 16.6. The number of furan rings is 1. The van der Waals surface area contributed by atoms with Gasteiger partial charge in [0.2, 0.25) is 5.76 Å². The Balaban J connectivity index is 1.76. The number of benzene rings is 2. The molecule has 6 nitrogen and oxygen atoms in total. The van der Waals surface area contributed by atoms with Gasteiger partial charge in [-0.1, -0.05) is 50.2 Å². The normalized spacial score (nSPS) is 12.2. The van der Waals surface area contributed by atoms with E-state index in [-0.39, 0.29) is 18.3 Å². The molecular formula is C24H27NO5. The molecule has 30 heavy (non-hydrogen) atoms. The highest BCUT2D eigenvalue weighted by Crippen LogP contribution is 2.28. The molecule has 158 valence electrons.